The van der Waals surface area contributed by atoms with Crippen LogP contribution in [0.4, 0.5) is 0 Å². The molecule has 4 nitrogen and oxygen atoms in total. The predicted octanol–water partition coefficient (Wildman–Crippen LogP) is 20.3. The highest BCUT2D eigenvalue weighted by Crippen LogP contribution is 2.57. The summed E-state index contributed by atoms with van der Waals surface area (Å²) in [4.78, 5) is 0. The van der Waals surface area contributed by atoms with E-state index in [2.05, 4.69) is 234 Å². The molecule has 3 unspecified atom stereocenters. The van der Waals surface area contributed by atoms with Crippen molar-refractivity contribution in [2.45, 2.75) is 199 Å². The van der Waals surface area contributed by atoms with E-state index in [9.17, 15) is 0 Å². The quantitative estimate of drug-likeness (QED) is 0.0482. The molecular weight excluding hydrogens is 960 g/mol. The molecule has 0 spiro atoms. The first-order valence-corrected chi connectivity index (χ1v) is 31.0. The van der Waals surface area contributed by atoms with E-state index in [0.717, 1.165) is 57.8 Å². The van der Waals surface area contributed by atoms with Crippen molar-refractivity contribution in [3.63, 3.8) is 0 Å². The molecule has 0 aliphatic heterocycles. The third-order valence-corrected chi connectivity index (χ3v) is 19.9. The van der Waals surface area contributed by atoms with Crippen LogP contribution in [-0.2, 0) is 34.4 Å². The molecule has 3 atom stereocenters. The molecule has 0 saturated heterocycles. The minimum absolute atomic E-state index is 0.0710. The van der Waals surface area contributed by atoms with E-state index in [1.807, 2.05) is 0 Å². The first kappa shape index (κ1) is 61.6. The van der Waals surface area contributed by atoms with E-state index in [0.29, 0.717) is 0 Å². The number of hydrogen-bond donors (Lipinski definition) is 0. The zero-order valence-corrected chi connectivity index (χ0v) is 52.1. The Morgan fingerprint density at radius 3 is 0.623 bits per heavy atom. The predicted molar refractivity (Wildman–Crippen MR) is 329 cm³/mol. The summed E-state index contributed by atoms with van der Waals surface area (Å²) < 4.78 is 38.8. The highest BCUT2D eigenvalue weighted by atomic mass is 31.2. The summed E-state index contributed by atoms with van der Waals surface area (Å²) >= 11 is 0. The molecule has 0 fully saturated rings. The van der Waals surface area contributed by atoms with Crippen LogP contribution in [0.25, 0.3) is 0 Å². The number of phosphoric ester groups is 1. The van der Waals surface area contributed by atoms with Crippen LogP contribution in [-0.4, -0.2) is 19.8 Å². The lowest BCUT2D eigenvalue weighted by Gasteiger charge is -2.44. The fourth-order valence-electron chi connectivity index (χ4n) is 15.0. The number of rotatable bonds is 27. The van der Waals surface area contributed by atoms with Crippen LogP contribution in [0, 0.1) is 101 Å². The number of hydrogen-bond acceptors (Lipinski definition) is 4. The van der Waals surface area contributed by atoms with Gasteiger partial charge in [-0.2, -0.15) is 0 Å². The average molecular weight is 1060 g/mol. The monoisotopic (exact) mass is 1060 g/mol. The Bertz CT molecular complexity index is 2390. The highest BCUT2D eigenvalue weighted by molar-refractivity contribution is 7.48. The highest BCUT2D eigenvalue weighted by Gasteiger charge is 2.47. The van der Waals surface area contributed by atoms with E-state index in [1.165, 1.54) is 100 Å². The third kappa shape index (κ3) is 12.9. The average Bonchev–Trinajstić information content (AvgIpc) is 3.36. The number of aryl methyl sites for hydroxylation is 12. The Balaban J connectivity index is 1.58. The van der Waals surface area contributed by atoms with E-state index in [4.69, 9.17) is 13.6 Å². The molecule has 0 heterocycles. The lowest BCUT2D eigenvalue weighted by Crippen LogP contribution is -2.40. The lowest BCUT2D eigenvalue weighted by molar-refractivity contribution is 0.0532. The second-order valence-corrected chi connectivity index (χ2v) is 25.7. The standard InChI is InChI=1S/C72H99O4P/c1-19-22-43-61(70(16,64-49(4)31-25-32-50(64)5)65-51(6)33-26-34-52(65)7)46-74-77(73,75-47-62(44-23-20-2)71(17,66-53(8)35-27-36-54(66)9)67-55(10)37-28-38-56(67)11)76-48-63(45-24-21-3)72(18,68-57(12)39-29-40-58(68)13)69-59(14)41-30-42-60(69)15/h25-42,61-63H,19-24,43-48H2,1-18H3. The minimum atomic E-state index is -4.38. The maximum Gasteiger partial charge on any atom is 0.474 e. The molecule has 0 aromatic heterocycles. The Morgan fingerprint density at radius 1 is 0.325 bits per heavy atom. The van der Waals surface area contributed by atoms with Crippen LogP contribution >= 0.6 is 7.82 Å². The minimum Gasteiger partial charge on any atom is -0.287 e. The largest absolute Gasteiger partial charge is 0.474 e. The summed E-state index contributed by atoms with van der Waals surface area (Å²) in [5, 5.41) is 0. The maximum absolute atomic E-state index is 16.9. The van der Waals surface area contributed by atoms with Gasteiger partial charge in [0.1, 0.15) is 0 Å². The zero-order valence-electron chi connectivity index (χ0n) is 51.2. The normalized spacial score (nSPS) is 14.4. The second kappa shape index (κ2) is 26.6. The molecule has 6 aromatic rings. The van der Waals surface area contributed by atoms with Crippen LogP contribution in [0.3, 0.4) is 0 Å². The van der Waals surface area contributed by atoms with Crippen molar-refractivity contribution < 1.29 is 18.1 Å². The Morgan fingerprint density at radius 2 is 0.481 bits per heavy atom. The van der Waals surface area contributed by atoms with Gasteiger partial charge < -0.3 is 0 Å². The van der Waals surface area contributed by atoms with Crippen LogP contribution in [0.2, 0.25) is 0 Å². The first-order chi connectivity index (χ1) is 36.6. The van der Waals surface area contributed by atoms with Gasteiger partial charge in [-0.25, -0.2) is 4.57 Å². The molecule has 77 heavy (non-hydrogen) atoms. The van der Waals surface area contributed by atoms with Crippen molar-refractivity contribution in [2.75, 3.05) is 19.8 Å². The van der Waals surface area contributed by atoms with Crippen molar-refractivity contribution >= 4 is 7.82 Å². The topological polar surface area (TPSA) is 44.8 Å². The molecule has 6 rings (SSSR count). The molecule has 0 radical (unpaired) electrons. The summed E-state index contributed by atoms with van der Waals surface area (Å²) in [6.45, 7) is 41.7. The number of phosphoric acid groups is 1. The van der Waals surface area contributed by atoms with Gasteiger partial charge >= 0.3 is 7.82 Å². The third-order valence-electron chi connectivity index (χ3n) is 18.5. The van der Waals surface area contributed by atoms with Gasteiger partial charge in [0.15, 0.2) is 0 Å². The van der Waals surface area contributed by atoms with Crippen LogP contribution in [0.1, 0.15) is 199 Å². The van der Waals surface area contributed by atoms with Gasteiger partial charge in [0, 0.05) is 16.2 Å². The molecule has 0 aliphatic rings. The van der Waals surface area contributed by atoms with Gasteiger partial charge in [-0.15, -0.1) is 0 Å². The summed E-state index contributed by atoms with van der Waals surface area (Å²) in [7, 11) is -4.38. The second-order valence-electron chi connectivity index (χ2n) is 24.1. The summed E-state index contributed by atoms with van der Waals surface area (Å²) in [6, 6.07) is 40.1. The van der Waals surface area contributed by atoms with Crippen molar-refractivity contribution in [3.05, 3.63) is 209 Å². The van der Waals surface area contributed by atoms with Gasteiger partial charge in [-0.3, -0.25) is 13.6 Å². The van der Waals surface area contributed by atoms with Crippen molar-refractivity contribution in [1.82, 2.24) is 0 Å². The van der Waals surface area contributed by atoms with Gasteiger partial charge in [0.2, 0.25) is 0 Å². The molecule has 0 N–H and O–H groups in total. The van der Waals surface area contributed by atoms with Crippen LogP contribution < -0.4 is 0 Å². The van der Waals surface area contributed by atoms with E-state index in [-0.39, 0.29) is 37.6 Å². The summed E-state index contributed by atoms with van der Waals surface area (Å²) in [5.74, 6) is -0.213. The Labute approximate surface area is 469 Å². The SMILES string of the molecule is CCCCC(COP(=O)(OCC(CCCC)C(C)(c1c(C)cccc1C)c1c(C)cccc1C)OCC(CCCC)C(C)(c1c(C)cccc1C)c1c(C)cccc1C)C(C)(c1c(C)cccc1C)c1c(C)cccc1C. The van der Waals surface area contributed by atoms with Gasteiger partial charge in [-0.1, -0.05) is 189 Å². The van der Waals surface area contributed by atoms with Crippen molar-refractivity contribution in [3.8, 4) is 0 Å². The van der Waals surface area contributed by atoms with Crippen LogP contribution in [0.5, 0.6) is 0 Å². The molecule has 0 aliphatic carbocycles. The van der Waals surface area contributed by atoms with Crippen LogP contribution in [0.15, 0.2) is 109 Å². The fourth-order valence-corrected chi connectivity index (χ4v) is 16.3. The molecule has 0 saturated carbocycles. The summed E-state index contributed by atoms with van der Waals surface area (Å²) in [6.07, 6.45) is 8.70. The first-order valence-electron chi connectivity index (χ1n) is 29.5. The van der Waals surface area contributed by atoms with Gasteiger partial charge in [-0.05, 0) is 220 Å². The molecule has 5 heteroatoms. The lowest BCUT2D eigenvalue weighted by atomic mass is 9.62. The van der Waals surface area contributed by atoms with E-state index >= 15 is 4.57 Å². The molecule has 6 aromatic carbocycles. The van der Waals surface area contributed by atoms with Gasteiger partial charge in [0.05, 0.1) is 19.8 Å². The van der Waals surface area contributed by atoms with E-state index < -0.39 is 24.1 Å². The van der Waals surface area contributed by atoms with Crippen molar-refractivity contribution in [2.24, 2.45) is 17.8 Å². The Hall–Kier alpha value is -4.57. The molecule has 416 valence electrons. The molecular formula is C72H99O4P. The number of unbranched alkanes of at least 4 members (excludes halogenated alkanes) is 3. The van der Waals surface area contributed by atoms with Crippen molar-refractivity contribution in [1.29, 1.82) is 0 Å². The fraction of sp³-hybridized carbons (Fsp3) is 0.500. The maximum atomic E-state index is 16.9. The summed E-state index contributed by atoms with van der Waals surface area (Å²) in [5.41, 5.74) is 21.4. The Kier molecular flexibility index (Phi) is 21.3. The zero-order chi connectivity index (χ0) is 56.5. The van der Waals surface area contributed by atoms with E-state index in [1.54, 1.807) is 0 Å². The smallest absolute Gasteiger partial charge is 0.287 e. The van der Waals surface area contributed by atoms with Gasteiger partial charge in [0.25, 0.3) is 0 Å². The number of benzene rings is 6. The molecule has 0 amide bonds. The molecule has 0 bridgehead atoms.